The van der Waals surface area contributed by atoms with Gasteiger partial charge in [-0.05, 0) is 26.3 Å². The Kier molecular flexibility index (Phi) is 1.81. The second kappa shape index (κ2) is 2.49. The Labute approximate surface area is 65.0 Å². The van der Waals surface area contributed by atoms with E-state index in [0.29, 0.717) is 0 Å². The van der Waals surface area contributed by atoms with Gasteiger partial charge in [-0.2, -0.15) is 0 Å². The summed E-state index contributed by atoms with van der Waals surface area (Å²) >= 11 is 0. The number of esters is 1. The monoisotopic (exact) mass is 154 g/mol. The molecule has 0 saturated heterocycles. The summed E-state index contributed by atoms with van der Waals surface area (Å²) < 4.78 is 4.81. The molecule has 1 heterocycles. The Balaban J connectivity index is 3.07. The van der Waals surface area contributed by atoms with Gasteiger partial charge in [0.2, 0.25) is 0 Å². The molecule has 0 aliphatic carbocycles. The van der Waals surface area contributed by atoms with Crippen LogP contribution < -0.4 is 0 Å². The van der Waals surface area contributed by atoms with Crippen LogP contribution in [0.3, 0.4) is 0 Å². The summed E-state index contributed by atoms with van der Waals surface area (Å²) in [5.41, 5.74) is 0.958. The molecule has 1 aliphatic rings. The molecule has 0 fully saturated rings. The predicted molar refractivity (Wildman–Crippen MR) is 38.9 cm³/mol. The van der Waals surface area contributed by atoms with Gasteiger partial charge in [0.15, 0.2) is 5.78 Å². The average molecular weight is 154 g/mol. The van der Waals surface area contributed by atoms with Gasteiger partial charge in [-0.25, -0.2) is 4.79 Å². The molecule has 3 nitrogen and oxygen atoms in total. The summed E-state index contributed by atoms with van der Waals surface area (Å²) in [5.74, 6) is -0.695. The predicted octanol–water partition coefficient (Wildman–Crippen LogP) is 0.837. The number of carbonyl (C=O) groups excluding carboxylic acids is 2. The zero-order valence-electron chi connectivity index (χ0n) is 6.80. The highest BCUT2D eigenvalue weighted by Crippen LogP contribution is 2.22. The molecule has 1 atom stereocenters. The molecule has 1 rings (SSSR count). The molecule has 1 aliphatic heterocycles. The van der Waals surface area contributed by atoms with E-state index in [2.05, 4.69) is 0 Å². The van der Waals surface area contributed by atoms with Crippen molar-refractivity contribution in [1.82, 2.24) is 0 Å². The minimum Gasteiger partial charge on any atom is -0.454 e. The van der Waals surface area contributed by atoms with Crippen LogP contribution in [0.2, 0.25) is 0 Å². The maximum atomic E-state index is 10.9. The van der Waals surface area contributed by atoms with Gasteiger partial charge in [0.05, 0.1) is 0 Å². The third-order valence-corrected chi connectivity index (χ3v) is 1.84. The highest BCUT2D eigenvalue weighted by atomic mass is 16.5. The number of carbonyl (C=O) groups is 2. The smallest absolute Gasteiger partial charge is 0.342 e. The van der Waals surface area contributed by atoms with E-state index < -0.39 is 5.97 Å². The molecule has 3 heteroatoms. The fraction of sp³-hybridized carbons (Fsp3) is 0.500. The molecular formula is C8H10O3. The molecule has 0 radical (unpaired) electrons. The Morgan fingerprint density at radius 3 is 2.27 bits per heavy atom. The van der Waals surface area contributed by atoms with E-state index in [1.54, 1.807) is 13.8 Å². The number of Topliss-reactive ketones (excluding diaryl/α,β-unsaturated/α-hetero) is 1. The van der Waals surface area contributed by atoms with Gasteiger partial charge in [0.1, 0.15) is 11.7 Å². The summed E-state index contributed by atoms with van der Waals surface area (Å²) in [5, 5.41) is 0. The van der Waals surface area contributed by atoms with Crippen molar-refractivity contribution in [1.29, 1.82) is 0 Å². The fourth-order valence-electron chi connectivity index (χ4n) is 1.09. The van der Waals surface area contributed by atoms with Crippen molar-refractivity contribution in [3.63, 3.8) is 0 Å². The van der Waals surface area contributed by atoms with Gasteiger partial charge >= 0.3 is 5.97 Å². The molecule has 0 amide bonds. The van der Waals surface area contributed by atoms with Crippen molar-refractivity contribution >= 4 is 11.8 Å². The zero-order valence-corrected chi connectivity index (χ0v) is 6.80. The largest absolute Gasteiger partial charge is 0.454 e. The maximum absolute atomic E-state index is 10.9. The van der Waals surface area contributed by atoms with E-state index >= 15 is 0 Å². The van der Waals surface area contributed by atoms with Crippen molar-refractivity contribution in [2.24, 2.45) is 0 Å². The molecule has 0 saturated carbocycles. The minimum absolute atomic E-state index is 0.211. The first-order chi connectivity index (χ1) is 5.04. The quantitative estimate of drug-likeness (QED) is 0.415. The fourth-order valence-corrected chi connectivity index (χ4v) is 1.09. The zero-order chi connectivity index (χ0) is 8.59. The number of ether oxygens (including phenoxy) is 1. The minimum atomic E-state index is -0.484. The van der Waals surface area contributed by atoms with Crippen molar-refractivity contribution in [3.05, 3.63) is 11.1 Å². The molecule has 0 spiro atoms. The first kappa shape index (κ1) is 7.98. The molecule has 60 valence electrons. The summed E-state index contributed by atoms with van der Waals surface area (Å²) in [7, 11) is 0. The molecule has 0 aromatic carbocycles. The molecule has 11 heavy (non-hydrogen) atoms. The lowest BCUT2D eigenvalue weighted by atomic mass is 10.1. The van der Waals surface area contributed by atoms with E-state index in [1.807, 2.05) is 0 Å². The SMILES string of the molecule is CC(=O)C1=C(C)[C@@H](C)OC1=O. The number of ketones is 1. The normalized spacial score (nSPS) is 23.9. The van der Waals surface area contributed by atoms with E-state index in [4.69, 9.17) is 4.74 Å². The van der Waals surface area contributed by atoms with Crippen molar-refractivity contribution < 1.29 is 14.3 Å². The third-order valence-electron chi connectivity index (χ3n) is 1.84. The topological polar surface area (TPSA) is 43.4 Å². The van der Waals surface area contributed by atoms with Gasteiger partial charge in [-0.3, -0.25) is 4.79 Å². The molecule has 0 N–H and O–H groups in total. The molecule has 0 unspecified atom stereocenters. The highest BCUT2D eigenvalue weighted by Gasteiger charge is 2.30. The lowest BCUT2D eigenvalue weighted by Crippen LogP contribution is -2.07. The van der Waals surface area contributed by atoms with Crippen LogP contribution in [0.25, 0.3) is 0 Å². The third kappa shape index (κ3) is 1.18. The van der Waals surface area contributed by atoms with Crippen LogP contribution in [-0.4, -0.2) is 17.9 Å². The van der Waals surface area contributed by atoms with Crippen LogP contribution in [-0.2, 0) is 14.3 Å². The lowest BCUT2D eigenvalue weighted by Gasteiger charge is -2.00. The number of cyclic esters (lactones) is 1. The van der Waals surface area contributed by atoms with E-state index in [0.717, 1.165) is 5.57 Å². The van der Waals surface area contributed by atoms with Crippen LogP contribution >= 0.6 is 0 Å². The number of hydrogen-bond donors (Lipinski definition) is 0. The van der Waals surface area contributed by atoms with Gasteiger partial charge in [-0.1, -0.05) is 0 Å². The van der Waals surface area contributed by atoms with Crippen LogP contribution in [0, 0.1) is 0 Å². The van der Waals surface area contributed by atoms with Gasteiger partial charge in [0.25, 0.3) is 0 Å². The standard InChI is InChI=1S/C8H10O3/c1-4-6(3)11-8(10)7(4)5(2)9/h6H,1-3H3/t6-/m1/s1. The molecule has 0 bridgehead atoms. The second-order valence-electron chi connectivity index (χ2n) is 2.66. The summed E-state index contributed by atoms with van der Waals surface area (Å²) in [6.45, 7) is 4.87. The van der Waals surface area contributed by atoms with Crippen molar-refractivity contribution in [2.75, 3.05) is 0 Å². The number of rotatable bonds is 1. The van der Waals surface area contributed by atoms with Crippen molar-refractivity contribution in [2.45, 2.75) is 26.9 Å². The van der Waals surface area contributed by atoms with E-state index in [1.165, 1.54) is 6.92 Å². The van der Waals surface area contributed by atoms with Crippen LogP contribution in [0.1, 0.15) is 20.8 Å². The molecule has 0 aromatic rings. The maximum Gasteiger partial charge on any atom is 0.342 e. The van der Waals surface area contributed by atoms with Gasteiger partial charge < -0.3 is 4.74 Å². The Morgan fingerprint density at radius 2 is 2.09 bits per heavy atom. The average Bonchev–Trinajstić information content (AvgIpc) is 2.07. The van der Waals surface area contributed by atoms with Crippen LogP contribution in [0.15, 0.2) is 11.1 Å². The Morgan fingerprint density at radius 1 is 1.55 bits per heavy atom. The molecule has 0 aromatic heterocycles. The first-order valence-corrected chi connectivity index (χ1v) is 3.46. The molecular weight excluding hydrogens is 144 g/mol. The van der Waals surface area contributed by atoms with Crippen LogP contribution in [0.4, 0.5) is 0 Å². The summed E-state index contributed by atoms with van der Waals surface area (Å²) in [6.07, 6.45) is -0.235. The lowest BCUT2D eigenvalue weighted by molar-refractivity contribution is -0.140. The van der Waals surface area contributed by atoms with Gasteiger partial charge in [0, 0.05) is 0 Å². The van der Waals surface area contributed by atoms with Crippen molar-refractivity contribution in [3.8, 4) is 0 Å². The first-order valence-electron chi connectivity index (χ1n) is 3.46. The van der Waals surface area contributed by atoms with Gasteiger partial charge in [-0.15, -0.1) is 0 Å². The Bertz CT molecular complexity index is 250. The van der Waals surface area contributed by atoms with E-state index in [-0.39, 0.29) is 17.5 Å². The second-order valence-corrected chi connectivity index (χ2v) is 2.66. The summed E-state index contributed by atoms with van der Waals surface area (Å²) in [4.78, 5) is 21.8. The van der Waals surface area contributed by atoms with E-state index in [9.17, 15) is 9.59 Å². The van der Waals surface area contributed by atoms with Crippen LogP contribution in [0.5, 0.6) is 0 Å². The Hall–Kier alpha value is -1.12. The highest BCUT2D eigenvalue weighted by molar-refractivity contribution is 6.18. The summed E-state index contributed by atoms with van der Waals surface area (Å²) in [6, 6.07) is 0. The number of hydrogen-bond acceptors (Lipinski definition) is 3.